The Morgan fingerprint density at radius 2 is 2.05 bits per heavy atom. The zero-order valence-corrected chi connectivity index (χ0v) is 12.9. The van der Waals surface area contributed by atoms with Gasteiger partial charge in [-0.05, 0) is 44.0 Å². The number of unbranched alkanes of at least 4 members (excludes halogenated alkanes) is 1. The molecule has 1 unspecified atom stereocenters. The lowest BCUT2D eigenvalue weighted by Crippen LogP contribution is -2.20. The van der Waals surface area contributed by atoms with Crippen LogP contribution < -0.4 is 5.32 Å². The molecule has 0 fully saturated rings. The van der Waals surface area contributed by atoms with Gasteiger partial charge >= 0.3 is 0 Å². The Labute approximate surface area is 125 Å². The molecule has 0 aliphatic carbocycles. The minimum Gasteiger partial charge on any atom is -0.382 e. The molecule has 0 bridgehead atoms. The Bertz CT molecular complexity index is 390. The van der Waals surface area contributed by atoms with Crippen LogP contribution in [0.15, 0.2) is 18.2 Å². The van der Waals surface area contributed by atoms with Gasteiger partial charge in [-0.2, -0.15) is 0 Å². The van der Waals surface area contributed by atoms with E-state index in [4.69, 9.17) is 21.1 Å². The summed E-state index contributed by atoms with van der Waals surface area (Å²) >= 11 is 6.02. The van der Waals surface area contributed by atoms with Gasteiger partial charge in [0.15, 0.2) is 0 Å². The van der Waals surface area contributed by atoms with Crippen LogP contribution in [0.25, 0.3) is 0 Å². The van der Waals surface area contributed by atoms with Crippen molar-refractivity contribution in [2.75, 3.05) is 33.5 Å². The summed E-state index contributed by atoms with van der Waals surface area (Å²) in [7, 11) is 1.66. The van der Waals surface area contributed by atoms with Gasteiger partial charge in [0.1, 0.15) is 5.82 Å². The summed E-state index contributed by atoms with van der Waals surface area (Å²) in [4.78, 5) is 0. The molecule has 1 N–H and O–H groups in total. The van der Waals surface area contributed by atoms with Crippen LogP contribution in [0.1, 0.15) is 31.4 Å². The van der Waals surface area contributed by atoms with Gasteiger partial charge in [-0.1, -0.05) is 17.7 Å². The van der Waals surface area contributed by atoms with Crippen LogP contribution in [0, 0.1) is 5.82 Å². The smallest absolute Gasteiger partial charge is 0.124 e. The molecule has 1 atom stereocenters. The normalized spacial score (nSPS) is 12.6. The van der Waals surface area contributed by atoms with Crippen molar-refractivity contribution in [3.05, 3.63) is 34.6 Å². The molecule has 114 valence electrons. The number of hydrogen-bond acceptors (Lipinski definition) is 3. The molecule has 0 aliphatic rings. The number of methoxy groups -OCH3 is 1. The average Bonchev–Trinajstić information content (AvgIpc) is 2.41. The first kappa shape index (κ1) is 17.4. The van der Waals surface area contributed by atoms with Crippen molar-refractivity contribution in [2.24, 2.45) is 0 Å². The van der Waals surface area contributed by atoms with Gasteiger partial charge in [0.2, 0.25) is 0 Å². The van der Waals surface area contributed by atoms with Gasteiger partial charge in [-0.3, -0.25) is 0 Å². The molecule has 1 aromatic carbocycles. The van der Waals surface area contributed by atoms with Gasteiger partial charge in [0, 0.05) is 24.8 Å². The van der Waals surface area contributed by atoms with Crippen LogP contribution in [-0.4, -0.2) is 33.5 Å². The standard InChI is InChI=1S/C15H23ClFNO2/c1-12(14-6-5-13(17)11-15(14)16)18-7-3-4-8-20-10-9-19-2/h5-6,11-12,18H,3-4,7-10H2,1-2H3. The highest BCUT2D eigenvalue weighted by atomic mass is 35.5. The summed E-state index contributed by atoms with van der Waals surface area (Å²) < 4.78 is 23.2. The van der Waals surface area contributed by atoms with Crippen molar-refractivity contribution in [1.29, 1.82) is 0 Å². The molecule has 3 nitrogen and oxygen atoms in total. The summed E-state index contributed by atoms with van der Waals surface area (Å²) in [6, 6.07) is 4.61. The van der Waals surface area contributed by atoms with Crippen molar-refractivity contribution >= 4 is 11.6 Å². The molecule has 0 amide bonds. The fourth-order valence-corrected chi connectivity index (χ4v) is 2.19. The lowest BCUT2D eigenvalue weighted by Gasteiger charge is -2.15. The topological polar surface area (TPSA) is 30.5 Å². The summed E-state index contributed by atoms with van der Waals surface area (Å²) in [5, 5.41) is 3.84. The molecule has 1 aromatic rings. The third-order valence-corrected chi connectivity index (χ3v) is 3.35. The van der Waals surface area contributed by atoms with E-state index in [1.165, 1.54) is 12.1 Å². The van der Waals surface area contributed by atoms with Gasteiger partial charge < -0.3 is 14.8 Å². The predicted molar refractivity (Wildman–Crippen MR) is 79.8 cm³/mol. The zero-order chi connectivity index (χ0) is 14.8. The first-order valence-electron chi connectivity index (χ1n) is 6.90. The second-order valence-electron chi connectivity index (χ2n) is 4.65. The Morgan fingerprint density at radius 3 is 2.75 bits per heavy atom. The second kappa shape index (κ2) is 10.1. The molecule has 0 saturated carbocycles. The monoisotopic (exact) mass is 303 g/mol. The van der Waals surface area contributed by atoms with E-state index >= 15 is 0 Å². The third-order valence-electron chi connectivity index (χ3n) is 3.03. The highest BCUT2D eigenvalue weighted by molar-refractivity contribution is 6.31. The maximum absolute atomic E-state index is 13.0. The predicted octanol–water partition coefficient (Wildman–Crippen LogP) is 3.57. The highest BCUT2D eigenvalue weighted by Gasteiger charge is 2.09. The van der Waals surface area contributed by atoms with E-state index in [1.54, 1.807) is 13.2 Å². The SMILES string of the molecule is COCCOCCCCNC(C)c1ccc(F)cc1Cl. The average molecular weight is 304 g/mol. The van der Waals surface area contributed by atoms with Gasteiger partial charge in [-0.15, -0.1) is 0 Å². The highest BCUT2D eigenvalue weighted by Crippen LogP contribution is 2.23. The zero-order valence-electron chi connectivity index (χ0n) is 12.1. The lowest BCUT2D eigenvalue weighted by atomic mass is 10.1. The molecular formula is C15H23ClFNO2. The number of nitrogens with one attached hydrogen (secondary N) is 1. The minimum atomic E-state index is -0.306. The Hall–Kier alpha value is -0.680. The number of rotatable bonds is 10. The van der Waals surface area contributed by atoms with E-state index in [9.17, 15) is 4.39 Å². The Kier molecular flexibility index (Phi) is 8.78. The van der Waals surface area contributed by atoms with Crippen molar-refractivity contribution in [1.82, 2.24) is 5.32 Å². The quantitative estimate of drug-likeness (QED) is 0.670. The van der Waals surface area contributed by atoms with Crippen molar-refractivity contribution in [2.45, 2.75) is 25.8 Å². The molecular weight excluding hydrogens is 281 g/mol. The summed E-state index contributed by atoms with van der Waals surface area (Å²) in [6.45, 7) is 4.93. The van der Waals surface area contributed by atoms with Crippen molar-refractivity contribution < 1.29 is 13.9 Å². The van der Waals surface area contributed by atoms with Gasteiger partial charge in [-0.25, -0.2) is 4.39 Å². The van der Waals surface area contributed by atoms with Gasteiger partial charge in [0.05, 0.1) is 13.2 Å². The van der Waals surface area contributed by atoms with Crippen LogP contribution in [0.3, 0.4) is 0 Å². The summed E-state index contributed by atoms with van der Waals surface area (Å²) in [6.07, 6.45) is 2.02. The molecule has 20 heavy (non-hydrogen) atoms. The summed E-state index contributed by atoms with van der Waals surface area (Å²) in [5.41, 5.74) is 0.921. The van der Waals surface area contributed by atoms with E-state index < -0.39 is 0 Å². The van der Waals surface area contributed by atoms with Gasteiger partial charge in [0.25, 0.3) is 0 Å². The molecule has 5 heteroatoms. The number of ether oxygens (including phenoxy) is 2. The number of hydrogen-bond donors (Lipinski definition) is 1. The third kappa shape index (κ3) is 6.66. The molecule has 1 rings (SSSR count). The molecule has 0 aromatic heterocycles. The van der Waals surface area contributed by atoms with Crippen LogP contribution in [0.2, 0.25) is 5.02 Å². The van der Waals surface area contributed by atoms with Crippen LogP contribution in [0.5, 0.6) is 0 Å². The molecule has 0 spiro atoms. The fraction of sp³-hybridized carbons (Fsp3) is 0.600. The first-order chi connectivity index (χ1) is 9.65. The first-order valence-corrected chi connectivity index (χ1v) is 7.28. The second-order valence-corrected chi connectivity index (χ2v) is 5.06. The van der Waals surface area contributed by atoms with Crippen molar-refractivity contribution in [3.63, 3.8) is 0 Å². The van der Waals surface area contributed by atoms with Crippen LogP contribution >= 0.6 is 11.6 Å². The Morgan fingerprint density at radius 1 is 1.25 bits per heavy atom. The largest absolute Gasteiger partial charge is 0.382 e. The minimum absolute atomic E-state index is 0.109. The van der Waals surface area contributed by atoms with Crippen LogP contribution in [0.4, 0.5) is 4.39 Å². The fourth-order valence-electron chi connectivity index (χ4n) is 1.85. The Balaban J connectivity index is 2.15. The maximum atomic E-state index is 13.0. The van der Waals surface area contributed by atoms with Crippen molar-refractivity contribution in [3.8, 4) is 0 Å². The maximum Gasteiger partial charge on any atom is 0.124 e. The molecule has 0 heterocycles. The molecule has 0 aliphatic heterocycles. The lowest BCUT2D eigenvalue weighted by molar-refractivity contribution is 0.0687. The molecule has 0 saturated heterocycles. The number of halogens is 2. The summed E-state index contributed by atoms with van der Waals surface area (Å²) in [5.74, 6) is -0.306. The van der Waals surface area contributed by atoms with E-state index in [1.807, 2.05) is 6.92 Å². The van der Waals surface area contributed by atoms with E-state index in [-0.39, 0.29) is 11.9 Å². The van der Waals surface area contributed by atoms with Crippen LogP contribution in [-0.2, 0) is 9.47 Å². The van der Waals surface area contributed by atoms with E-state index in [0.29, 0.717) is 18.2 Å². The van der Waals surface area contributed by atoms with E-state index in [0.717, 1.165) is 31.6 Å². The molecule has 0 radical (unpaired) electrons. The van der Waals surface area contributed by atoms with E-state index in [2.05, 4.69) is 5.32 Å². The number of benzene rings is 1.